The number of carbonyl (C=O) groups is 2. The van der Waals surface area contributed by atoms with E-state index in [1.54, 1.807) is 18.2 Å². The number of fused-ring (bicyclic) bond motifs is 1. The van der Waals surface area contributed by atoms with Gasteiger partial charge in [0.05, 0.1) is 6.04 Å². The molecule has 2 atom stereocenters. The number of rotatable bonds is 3. The molecular formula is C18H18N2O4. The van der Waals surface area contributed by atoms with Gasteiger partial charge in [0.25, 0.3) is 0 Å². The molecule has 2 amide bonds. The summed E-state index contributed by atoms with van der Waals surface area (Å²) in [5.41, 5.74) is 0.921. The number of hydrogen-bond donors (Lipinski definition) is 2. The summed E-state index contributed by atoms with van der Waals surface area (Å²) >= 11 is 0. The fourth-order valence-electron chi connectivity index (χ4n) is 2.39. The number of hydrogen-bond acceptors (Lipinski definition) is 4. The first-order valence-corrected chi connectivity index (χ1v) is 7.68. The predicted molar refractivity (Wildman–Crippen MR) is 87.5 cm³/mol. The average Bonchev–Trinajstić information content (AvgIpc) is 2.62. The zero-order valence-electron chi connectivity index (χ0n) is 13.2. The molecule has 3 rings (SSSR count). The largest absolute Gasteiger partial charge is 0.484 e. The van der Waals surface area contributed by atoms with Crippen LogP contribution in [0.3, 0.4) is 0 Å². The van der Waals surface area contributed by atoms with Crippen LogP contribution in [0, 0.1) is 0 Å². The minimum atomic E-state index is -0.759. The van der Waals surface area contributed by atoms with E-state index in [1.807, 2.05) is 43.3 Å². The van der Waals surface area contributed by atoms with Crippen LogP contribution in [-0.2, 0) is 9.59 Å². The van der Waals surface area contributed by atoms with Crippen LogP contribution in [0.2, 0.25) is 0 Å². The van der Waals surface area contributed by atoms with Crippen molar-refractivity contribution in [2.45, 2.75) is 19.2 Å². The highest BCUT2D eigenvalue weighted by atomic mass is 16.6. The quantitative estimate of drug-likeness (QED) is 0.843. The second kappa shape index (κ2) is 7.04. The Labute approximate surface area is 139 Å². The van der Waals surface area contributed by atoms with Crippen molar-refractivity contribution < 1.29 is 19.1 Å². The van der Waals surface area contributed by atoms with E-state index in [2.05, 4.69) is 10.6 Å². The van der Waals surface area contributed by atoms with Gasteiger partial charge >= 0.3 is 11.8 Å². The molecule has 24 heavy (non-hydrogen) atoms. The lowest BCUT2D eigenvalue weighted by Gasteiger charge is -2.26. The Hall–Kier alpha value is -3.02. The Bertz CT molecular complexity index is 733. The van der Waals surface area contributed by atoms with Crippen molar-refractivity contribution >= 4 is 11.8 Å². The van der Waals surface area contributed by atoms with Crippen LogP contribution in [-0.4, -0.2) is 24.6 Å². The molecule has 1 heterocycles. The van der Waals surface area contributed by atoms with Gasteiger partial charge in [0.2, 0.25) is 6.23 Å². The molecule has 124 valence electrons. The number of amides is 2. The average molecular weight is 326 g/mol. The molecule has 0 aromatic heterocycles. The highest BCUT2D eigenvalue weighted by Gasteiger charge is 2.25. The second-order valence-corrected chi connectivity index (χ2v) is 5.44. The van der Waals surface area contributed by atoms with Crippen LogP contribution >= 0.6 is 0 Å². The first-order valence-electron chi connectivity index (χ1n) is 7.68. The lowest BCUT2D eigenvalue weighted by atomic mass is 10.1. The van der Waals surface area contributed by atoms with Crippen molar-refractivity contribution in [2.24, 2.45) is 0 Å². The molecule has 1 aliphatic heterocycles. The van der Waals surface area contributed by atoms with Crippen LogP contribution in [0.25, 0.3) is 0 Å². The van der Waals surface area contributed by atoms with Gasteiger partial charge in [-0.05, 0) is 24.6 Å². The van der Waals surface area contributed by atoms with Gasteiger partial charge in [-0.25, -0.2) is 0 Å². The standard InChI is InChI=1S/C18H18N2O4/c1-12(13-7-3-2-4-8-13)19-17(21)18(22)20-16-11-23-14-9-5-6-10-15(14)24-16/h2-10,12,16H,11H2,1H3,(H,19,21)(H,20,22). The molecule has 2 unspecified atom stereocenters. The zero-order valence-corrected chi connectivity index (χ0v) is 13.2. The molecule has 0 saturated carbocycles. The molecule has 1 aliphatic rings. The zero-order chi connectivity index (χ0) is 16.9. The third-order valence-electron chi connectivity index (χ3n) is 3.65. The van der Waals surface area contributed by atoms with Crippen molar-refractivity contribution in [1.82, 2.24) is 10.6 Å². The summed E-state index contributed by atoms with van der Waals surface area (Å²) in [5.74, 6) is -0.322. The van der Waals surface area contributed by atoms with Crippen LogP contribution in [0.4, 0.5) is 0 Å². The molecule has 0 aliphatic carbocycles. The predicted octanol–water partition coefficient (Wildman–Crippen LogP) is 1.78. The Morgan fingerprint density at radius 1 is 1.00 bits per heavy atom. The third kappa shape index (κ3) is 3.65. The summed E-state index contributed by atoms with van der Waals surface area (Å²) in [7, 11) is 0. The molecular weight excluding hydrogens is 308 g/mol. The fourth-order valence-corrected chi connectivity index (χ4v) is 2.39. The number of ether oxygens (including phenoxy) is 2. The van der Waals surface area contributed by atoms with Gasteiger partial charge in [-0.1, -0.05) is 42.5 Å². The topological polar surface area (TPSA) is 76.7 Å². The summed E-state index contributed by atoms with van der Waals surface area (Å²) in [6.45, 7) is 1.96. The SMILES string of the molecule is CC(NC(=O)C(=O)NC1COc2ccccc2O1)c1ccccc1. The third-order valence-corrected chi connectivity index (χ3v) is 3.65. The van der Waals surface area contributed by atoms with Crippen molar-refractivity contribution in [3.63, 3.8) is 0 Å². The molecule has 2 aromatic rings. The normalized spacial score (nSPS) is 16.8. The van der Waals surface area contributed by atoms with Gasteiger partial charge in [-0.15, -0.1) is 0 Å². The van der Waals surface area contributed by atoms with E-state index >= 15 is 0 Å². The van der Waals surface area contributed by atoms with Crippen molar-refractivity contribution in [2.75, 3.05) is 6.61 Å². The Kier molecular flexibility index (Phi) is 4.65. The van der Waals surface area contributed by atoms with Crippen molar-refractivity contribution in [3.8, 4) is 11.5 Å². The molecule has 0 saturated heterocycles. The van der Waals surface area contributed by atoms with E-state index in [0.29, 0.717) is 11.5 Å². The van der Waals surface area contributed by atoms with Crippen molar-refractivity contribution in [1.29, 1.82) is 0 Å². The maximum atomic E-state index is 12.0. The number of para-hydroxylation sites is 2. The number of nitrogens with one attached hydrogen (secondary N) is 2. The summed E-state index contributed by atoms with van der Waals surface area (Å²) in [6, 6.07) is 16.3. The summed E-state index contributed by atoms with van der Waals surface area (Å²) in [4.78, 5) is 24.1. The van der Waals surface area contributed by atoms with Gasteiger partial charge in [0, 0.05) is 0 Å². The Morgan fingerprint density at radius 3 is 2.42 bits per heavy atom. The second-order valence-electron chi connectivity index (χ2n) is 5.44. The number of benzene rings is 2. The molecule has 0 fully saturated rings. The molecule has 6 heteroatoms. The van der Waals surface area contributed by atoms with E-state index in [1.165, 1.54) is 0 Å². The summed E-state index contributed by atoms with van der Waals surface area (Å²) < 4.78 is 11.1. The van der Waals surface area contributed by atoms with Gasteiger partial charge in [-0.3, -0.25) is 9.59 Å². The summed E-state index contributed by atoms with van der Waals surface area (Å²) in [5, 5.41) is 5.18. The highest BCUT2D eigenvalue weighted by Crippen LogP contribution is 2.30. The molecule has 0 spiro atoms. The molecule has 0 radical (unpaired) electrons. The van der Waals surface area contributed by atoms with Crippen LogP contribution in [0.15, 0.2) is 54.6 Å². The van der Waals surface area contributed by atoms with E-state index < -0.39 is 18.0 Å². The first-order chi connectivity index (χ1) is 11.6. The number of carbonyl (C=O) groups excluding carboxylic acids is 2. The molecule has 2 N–H and O–H groups in total. The van der Waals surface area contributed by atoms with Gasteiger partial charge < -0.3 is 20.1 Å². The minimum absolute atomic E-state index is 0.143. The van der Waals surface area contributed by atoms with Crippen LogP contribution < -0.4 is 20.1 Å². The molecule has 6 nitrogen and oxygen atoms in total. The molecule has 0 bridgehead atoms. The smallest absolute Gasteiger partial charge is 0.312 e. The van der Waals surface area contributed by atoms with E-state index in [9.17, 15) is 9.59 Å². The summed E-state index contributed by atoms with van der Waals surface area (Å²) in [6.07, 6.45) is -0.704. The maximum Gasteiger partial charge on any atom is 0.312 e. The molecule has 2 aromatic carbocycles. The maximum absolute atomic E-state index is 12.0. The fraction of sp³-hybridized carbons (Fsp3) is 0.222. The van der Waals surface area contributed by atoms with Gasteiger partial charge in [-0.2, -0.15) is 0 Å². The van der Waals surface area contributed by atoms with E-state index in [4.69, 9.17) is 9.47 Å². The Balaban J connectivity index is 1.54. The minimum Gasteiger partial charge on any atom is -0.484 e. The monoisotopic (exact) mass is 326 g/mol. The lowest BCUT2D eigenvalue weighted by Crippen LogP contribution is -2.50. The van der Waals surface area contributed by atoms with Crippen LogP contribution in [0.5, 0.6) is 11.5 Å². The van der Waals surface area contributed by atoms with Gasteiger partial charge in [0.1, 0.15) is 6.61 Å². The highest BCUT2D eigenvalue weighted by molar-refractivity contribution is 6.35. The lowest BCUT2D eigenvalue weighted by molar-refractivity contribution is -0.141. The van der Waals surface area contributed by atoms with E-state index in [0.717, 1.165) is 5.56 Å². The van der Waals surface area contributed by atoms with E-state index in [-0.39, 0.29) is 12.6 Å². The van der Waals surface area contributed by atoms with Crippen molar-refractivity contribution in [3.05, 3.63) is 60.2 Å². The first kappa shape index (κ1) is 15.9. The Morgan fingerprint density at radius 2 is 1.67 bits per heavy atom. The van der Waals surface area contributed by atoms with Gasteiger partial charge in [0.15, 0.2) is 11.5 Å². The van der Waals surface area contributed by atoms with Crippen LogP contribution in [0.1, 0.15) is 18.5 Å².